The number of piperidine rings is 1. The lowest BCUT2D eigenvalue weighted by molar-refractivity contribution is 0.197. The lowest BCUT2D eigenvalue weighted by atomic mass is 9.75. The molecule has 1 aliphatic rings. The largest absolute Gasteiger partial charge is 0.389 e. The zero-order valence-corrected chi connectivity index (χ0v) is 13.0. The second-order valence-corrected chi connectivity index (χ2v) is 7.01. The first-order valence-corrected chi connectivity index (χ1v) is 7.51. The summed E-state index contributed by atoms with van der Waals surface area (Å²) in [5, 5.41) is 9.49. The Kier molecular flexibility index (Phi) is 4.38. The highest BCUT2D eigenvalue weighted by molar-refractivity contribution is 5.49. The monoisotopic (exact) mass is 279 g/mol. The van der Waals surface area contributed by atoms with E-state index in [1.165, 1.54) is 6.07 Å². The number of rotatable bonds is 2. The van der Waals surface area contributed by atoms with Crippen LogP contribution in [0.2, 0.25) is 0 Å². The maximum atomic E-state index is 14.2. The number of hydrogen-bond donors (Lipinski definition) is 1. The van der Waals surface area contributed by atoms with Crippen molar-refractivity contribution in [1.29, 1.82) is 0 Å². The Morgan fingerprint density at radius 3 is 2.30 bits per heavy atom. The Bertz CT molecular complexity index is 457. The summed E-state index contributed by atoms with van der Waals surface area (Å²) in [4.78, 5) is 2.13. The molecule has 2 rings (SSSR count). The van der Waals surface area contributed by atoms with E-state index < -0.39 is 6.10 Å². The van der Waals surface area contributed by atoms with Gasteiger partial charge < -0.3 is 10.0 Å². The molecule has 3 heteroatoms. The molecular weight excluding hydrogens is 253 g/mol. The van der Waals surface area contributed by atoms with E-state index >= 15 is 0 Å². The minimum absolute atomic E-state index is 0.224. The Balaban J connectivity index is 2.07. The predicted octanol–water partition coefficient (Wildman–Crippen LogP) is 4.14. The van der Waals surface area contributed by atoms with Crippen LogP contribution in [0.3, 0.4) is 0 Å². The van der Waals surface area contributed by atoms with Gasteiger partial charge in [-0.2, -0.15) is 0 Å². The van der Waals surface area contributed by atoms with E-state index in [1.54, 1.807) is 13.0 Å². The molecule has 1 saturated heterocycles. The van der Waals surface area contributed by atoms with Gasteiger partial charge >= 0.3 is 0 Å². The molecule has 0 saturated carbocycles. The van der Waals surface area contributed by atoms with Crippen molar-refractivity contribution in [1.82, 2.24) is 0 Å². The van der Waals surface area contributed by atoms with Gasteiger partial charge in [-0.15, -0.1) is 0 Å². The molecule has 0 bridgehead atoms. The second-order valence-electron chi connectivity index (χ2n) is 7.01. The molecule has 1 aromatic carbocycles. The van der Waals surface area contributed by atoms with Crippen molar-refractivity contribution in [2.45, 2.75) is 46.6 Å². The summed E-state index contributed by atoms with van der Waals surface area (Å²) in [6.07, 6.45) is 1.60. The quantitative estimate of drug-likeness (QED) is 0.879. The molecule has 1 unspecified atom stereocenters. The second kappa shape index (κ2) is 5.72. The fourth-order valence-electron chi connectivity index (χ4n) is 3.03. The van der Waals surface area contributed by atoms with E-state index in [9.17, 15) is 9.50 Å². The minimum Gasteiger partial charge on any atom is -0.389 e. The molecule has 0 aliphatic carbocycles. The van der Waals surface area contributed by atoms with Crippen LogP contribution in [0.4, 0.5) is 10.1 Å². The zero-order chi connectivity index (χ0) is 14.9. The van der Waals surface area contributed by atoms with E-state index in [2.05, 4.69) is 25.7 Å². The summed E-state index contributed by atoms with van der Waals surface area (Å²) in [5.74, 6) is 0.483. The number of benzene rings is 1. The fourth-order valence-corrected chi connectivity index (χ4v) is 3.03. The van der Waals surface area contributed by atoms with Gasteiger partial charge in [-0.3, -0.25) is 0 Å². The summed E-state index contributed by atoms with van der Waals surface area (Å²) >= 11 is 0. The maximum absolute atomic E-state index is 14.2. The van der Waals surface area contributed by atoms with Crippen LogP contribution in [0.15, 0.2) is 18.2 Å². The number of halogens is 1. The van der Waals surface area contributed by atoms with Gasteiger partial charge in [0.1, 0.15) is 5.82 Å². The third-order valence-electron chi connectivity index (χ3n) is 4.51. The molecule has 20 heavy (non-hydrogen) atoms. The Morgan fingerprint density at radius 1 is 1.25 bits per heavy atom. The standard InChI is InChI=1S/C17H26FNO/c1-12(20)13-5-6-16(15(18)11-13)19-9-7-14(8-10-19)17(2,3)4/h5-6,11-12,14,20H,7-10H2,1-4H3. The molecule has 1 aromatic rings. The van der Waals surface area contributed by atoms with Gasteiger partial charge in [-0.25, -0.2) is 4.39 Å². The SMILES string of the molecule is CC(O)c1ccc(N2CCC(C(C)(C)C)CC2)c(F)c1. The highest BCUT2D eigenvalue weighted by atomic mass is 19.1. The maximum Gasteiger partial charge on any atom is 0.146 e. The van der Waals surface area contributed by atoms with Crippen LogP contribution in [-0.2, 0) is 0 Å². The van der Waals surface area contributed by atoms with Crippen LogP contribution < -0.4 is 4.90 Å². The third-order valence-corrected chi connectivity index (χ3v) is 4.51. The van der Waals surface area contributed by atoms with E-state index in [1.807, 2.05) is 6.07 Å². The molecular formula is C17H26FNO. The van der Waals surface area contributed by atoms with E-state index in [-0.39, 0.29) is 5.82 Å². The first-order chi connectivity index (χ1) is 9.29. The summed E-state index contributed by atoms with van der Waals surface area (Å²) in [6, 6.07) is 5.07. The van der Waals surface area contributed by atoms with Gasteiger partial charge in [-0.05, 0) is 48.8 Å². The van der Waals surface area contributed by atoms with Crippen LogP contribution in [0, 0.1) is 17.2 Å². The molecule has 0 aromatic heterocycles. The van der Waals surface area contributed by atoms with Crippen molar-refractivity contribution < 1.29 is 9.50 Å². The summed E-state index contributed by atoms with van der Waals surface area (Å²) in [6.45, 7) is 10.3. The highest BCUT2D eigenvalue weighted by Gasteiger charge is 2.29. The first-order valence-electron chi connectivity index (χ1n) is 7.51. The first kappa shape index (κ1) is 15.3. The third kappa shape index (κ3) is 3.32. The molecule has 0 amide bonds. The Hall–Kier alpha value is -1.09. The van der Waals surface area contributed by atoms with Crippen molar-refractivity contribution in [2.24, 2.45) is 11.3 Å². The van der Waals surface area contributed by atoms with Crippen LogP contribution in [-0.4, -0.2) is 18.2 Å². The number of nitrogens with zero attached hydrogens (tertiary/aromatic N) is 1. The van der Waals surface area contributed by atoms with Crippen molar-refractivity contribution in [3.05, 3.63) is 29.6 Å². The smallest absolute Gasteiger partial charge is 0.146 e. The molecule has 2 nitrogen and oxygen atoms in total. The molecule has 1 heterocycles. The number of hydrogen-bond acceptors (Lipinski definition) is 2. The van der Waals surface area contributed by atoms with Crippen molar-refractivity contribution in [3.8, 4) is 0 Å². The Labute approximate surface area is 121 Å². The van der Waals surface area contributed by atoms with E-state index in [0.29, 0.717) is 22.6 Å². The van der Waals surface area contributed by atoms with Crippen molar-refractivity contribution in [3.63, 3.8) is 0 Å². The van der Waals surface area contributed by atoms with Crippen LogP contribution in [0.25, 0.3) is 0 Å². The predicted molar refractivity (Wildman–Crippen MR) is 81.4 cm³/mol. The fraction of sp³-hybridized carbons (Fsp3) is 0.647. The van der Waals surface area contributed by atoms with Gasteiger partial charge in [0.15, 0.2) is 0 Å². The van der Waals surface area contributed by atoms with Gasteiger partial charge in [0.2, 0.25) is 0 Å². The summed E-state index contributed by atoms with van der Waals surface area (Å²) in [7, 11) is 0. The molecule has 112 valence electrons. The molecule has 1 N–H and O–H groups in total. The topological polar surface area (TPSA) is 23.5 Å². The summed E-state index contributed by atoms with van der Waals surface area (Å²) in [5.41, 5.74) is 1.64. The van der Waals surface area contributed by atoms with Gasteiger partial charge in [0.25, 0.3) is 0 Å². The van der Waals surface area contributed by atoms with Gasteiger partial charge in [0, 0.05) is 13.1 Å². The molecule has 0 radical (unpaired) electrons. The zero-order valence-electron chi connectivity index (χ0n) is 13.0. The Morgan fingerprint density at radius 2 is 1.85 bits per heavy atom. The molecule has 1 aliphatic heterocycles. The molecule has 1 fully saturated rings. The van der Waals surface area contributed by atoms with Crippen LogP contribution in [0.5, 0.6) is 0 Å². The normalized spacial score (nSPS) is 19.2. The average molecular weight is 279 g/mol. The lowest BCUT2D eigenvalue weighted by Gasteiger charge is -2.39. The lowest BCUT2D eigenvalue weighted by Crippen LogP contribution is -2.38. The number of aliphatic hydroxyl groups is 1. The van der Waals surface area contributed by atoms with Gasteiger partial charge in [-0.1, -0.05) is 26.8 Å². The molecule has 1 atom stereocenters. The van der Waals surface area contributed by atoms with Crippen molar-refractivity contribution >= 4 is 5.69 Å². The molecule has 0 spiro atoms. The average Bonchev–Trinajstić information content (AvgIpc) is 2.37. The number of aliphatic hydroxyl groups excluding tert-OH is 1. The minimum atomic E-state index is -0.620. The van der Waals surface area contributed by atoms with E-state index in [4.69, 9.17) is 0 Å². The number of anilines is 1. The van der Waals surface area contributed by atoms with Crippen LogP contribution in [0.1, 0.15) is 52.2 Å². The van der Waals surface area contributed by atoms with Crippen LogP contribution >= 0.6 is 0 Å². The van der Waals surface area contributed by atoms with E-state index in [0.717, 1.165) is 25.9 Å². The summed E-state index contributed by atoms with van der Waals surface area (Å²) < 4.78 is 14.2. The van der Waals surface area contributed by atoms with Crippen molar-refractivity contribution in [2.75, 3.05) is 18.0 Å². The van der Waals surface area contributed by atoms with Gasteiger partial charge in [0.05, 0.1) is 11.8 Å². The highest BCUT2D eigenvalue weighted by Crippen LogP contribution is 2.36.